The molecule has 0 radical (unpaired) electrons. The fourth-order valence-electron chi connectivity index (χ4n) is 2.59. The maximum absolute atomic E-state index is 12.6. The molecule has 2 rings (SSSR count). The van der Waals surface area contributed by atoms with E-state index in [0.717, 1.165) is 0 Å². The Bertz CT molecular complexity index is 911. The van der Waals surface area contributed by atoms with Crippen molar-refractivity contribution in [2.75, 3.05) is 32.1 Å². The van der Waals surface area contributed by atoms with Crippen LogP contribution in [0.15, 0.2) is 42.5 Å². The van der Waals surface area contributed by atoms with Crippen LogP contribution in [-0.4, -0.2) is 43.5 Å². The van der Waals surface area contributed by atoms with Crippen LogP contribution in [0.3, 0.4) is 0 Å². The average Bonchev–Trinajstić information content (AvgIpc) is 2.72. The van der Waals surface area contributed by atoms with Crippen LogP contribution in [-0.2, 0) is 9.59 Å². The first-order valence-corrected chi connectivity index (χ1v) is 9.39. The summed E-state index contributed by atoms with van der Waals surface area (Å²) in [5, 5.41) is 11.9. The van der Waals surface area contributed by atoms with Crippen molar-refractivity contribution in [2.24, 2.45) is 0 Å². The summed E-state index contributed by atoms with van der Waals surface area (Å²) in [7, 11) is 1.52. The molecule has 0 spiro atoms. The molecule has 0 aromatic heterocycles. The maximum Gasteiger partial charge on any atom is 0.260 e. The molecule has 0 atom stereocenters. The quantitative estimate of drug-likeness (QED) is 0.677. The van der Waals surface area contributed by atoms with Gasteiger partial charge in [0, 0.05) is 6.54 Å². The number of ether oxygens (including phenoxy) is 2. The van der Waals surface area contributed by atoms with E-state index >= 15 is 0 Å². The highest BCUT2D eigenvalue weighted by atomic mass is 35.5. The van der Waals surface area contributed by atoms with Gasteiger partial charge in [0.15, 0.2) is 6.61 Å². The van der Waals surface area contributed by atoms with Gasteiger partial charge < -0.3 is 19.7 Å². The van der Waals surface area contributed by atoms with Gasteiger partial charge in [-0.05, 0) is 36.8 Å². The molecule has 7 nitrogen and oxygen atoms in total. The number of halogens is 1. The number of methoxy groups -OCH3 is 1. The van der Waals surface area contributed by atoms with Crippen molar-refractivity contribution >= 4 is 29.1 Å². The predicted molar refractivity (Wildman–Crippen MR) is 110 cm³/mol. The fraction of sp³-hybridized carbons (Fsp3) is 0.286. The minimum atomic E-state index is -0.345. The van der Waals surface area contributed by atoms with E-state index in [2.05, 4.69) is 5.32 Å². The van der Waals surface area contributed by atoms with Crippen molar-refractivity contribution in [3.8, 4) is 17.6 Å². The number of benzene rings is 2. The van der Waals surface area contributed by atoms with E-state index in [1.54, 1.807) is 30.3 Å². The number of nitrogens with one attached hydrogen (secondary N) is 1. The topological polar surface area (TPSA) is 91.7 Å². The lowest BCUT2D eigenvalue weighted by molar-refractivity contribution is -0.136. The molecular weight excluding hydrogens is 394 g/mol. The van der Waals surface area contributed by atoms with E-state index < -0.39 is 0 Å². The first kappa shape index (κ1) is 22.1. The number of nitrogens with zero attached hydrogens (tertiary/aromatic N) is 2. The molecule has 0 saturated heterocycles. The first-order valence-electron chi connectivity index (χ1n) is 9.01. The van der Waals surface area contributed by atoms with E-state index in [4.69, 9.17) is 26.3 Å². The summed E-state index contributed by atoms with van der Waals surface area (Å²) in [5.74, 6) is 0.150. The second-order valence-corrected chi connectivity index (χ2v) is 6.52. The minimum absolute atomic E-state index is 0.116. The summed E-state index contributed by atoms with van der Waals surface area (Å²) < 4.78 is 10.7. The summed E-state index contributed by atoms with van der Waals surface area (Å²) in [6.07, 6.45) is 0.686. The van der Waals surface area contributed by atoms with E-state index in [9.17, 15) is 9.59 Å². The van der Waals surface area contributed by atoms with Crippen molar-refractivity contribution in [2.45, 2.75) is 13.3 Å². The van der Waals surface area contributed by atoms with Crippen LogP contribution in [0, 0.1) is 11.3 Å². The third-order valence-electron chi connectivity index (χ3n) is 3.97. The van der Waals surface area contributed by atoms with Gasteiger partial charge in [0.1, 0.15) is 11.5 Å². The molecule has 2 aromatic carbocycles. The maximum atomic E-state index is 12.6. The molecule has 0 unspecified atom stereocenters. The van der Waals surface area contributed by atoms with Crippen LogP contribution in [0.5, 0.6) is 11.5 Å². The number of hydrogen-bond donors (Lipinski definition) is 1. The molecular formula is C21H22ClN3O4. The van der Waals surface area contributed by atoms with E-state index in [1.165, 1.54) is 24.1 Å². The molecule has 0 saturated carbocycles. The van der Waals surface area contributed by atoms with E-state index in [1.807, 2.05) is 13.0 Å². The lowest BCUT2D eigenvalue weighted by Gasteiger charge is -2.22. The number of rotatable bonds is 9. The molecule has 8 heteroatoms. The highest BCUT2D eigenvalue weighted by Crippen LogP contribution is 2.25. The summed E-state index contributed by atoms with van der Waals surface area (Å²) >= 11 is 6.06. The normalized spacial score (nSPS) is 10.0. The zero-order chi connectivity index (χ0) is 21.2. The Morgan fingerprint density at radius 1 is 1.21 bits per heavy atom. The number of anilines is 1. The van der Waals surface area contributed by atoms with Crippen LogP contribution >= 0.6 is 11.6 Å². The number of para-hydroxylation sites is 2. The van der Waals surface area contributed by atoms with Crippen LogP contribution in [0.2, 0.25) is 5.02 Å². The molecule has 0 bridgehead atoms. The van der Waals surface area contributed by atoms with Gasteiger partial charge in [-0.2, -0.15) is 5.26 Å². The third-order valence-corrected chi connectivity index (χ3v) is 4.27. The predicted octanol–water partition coefficient (Wildman–Crippen LogP) is 3.48. The van der Waals surface area contributed by atoms with Crippen molar-refractivity contribution in [3.05, 3.63) is 53.1 Å². The summed E-state index contributed by atoms with van der Waals surface area (Å²) in [6.45, 7) is 1.93. The average molecular weight is 416 g/mol. The van der Waals surface area contributed by atoms with Gasteiger partial charge >= 0.3 is 0 Å². The SMILES string of the molecule is CCCN(CC(=O)Nc1ccccc1OC)C(=O)COc1ccc(C#N)cc1Cl. The minimum Gasteiger partial charge on any atom is -0.495 e. The first-order chi connectivity index (χ1) is 14.0. The standard InChI is InChI=1S/C21H22ClN3O4/c1-3-10-25(13-20(26)24-17-6-4-5-7-19(17)28-2)21(27)14-29-18-9-8-15(12-23)11-16(18)22/h4-9,11H,3,10,13-14H2,1-2H3,(H,24,26). The highest BCUT2D eigenvalue weighted by molar-refractivity contribution is 6.32. The molecule has 1 N–H and O–H groups in total. The molecule has 0 aliphatic rings. The molecule has 29 heavy (non-hydrogen) atoms. The Morgan fingerprint density at radius 2 is 1.97 bits per heavy atom. The molecule has 0 heterocycles. The van der Waals surface area contributed by atoms with Crippen molar-refractivity contribution < 1.29 is 19.1 Å². The molecule has 0 fully saturated rings. The van der Waals surface area contributed by atoms with E-state index in [0.29, 0.717) is 35.7 Å². The molecule has 2 aromatic rings. The Morgan fingerprint density at radius 3 is 2.62 bits per heavy atom. The summed E-state index contributed by atoms with van der Waals surface area (Å²) in [5.41, 5.74) is 0.929. The molecule has 0 aliphatic carbocycles. The lowest BCUT2D eigenvalue weighted by Crippen LogP contribution is -2.41. The summed E-state index contributed by atoms with van der Waals surface area (Å²) in [6, 6.07) is 13.6. The summed E-state index contributed by atoms with van der Waals surface area (Å²) in [4.78, 5) is 26.4. The Hall–Kier alpha value is -3.24. The second kappa shape index (κ2) is 10.9. The second-order valence-electron chi connectivity index (χ2n) is 6.11. The molecule has 152 valence electrons. The van der Waals surface area contributed by atoms with Gasteiger partial charge in [0.2, 0.25) is 5.91 Å². The van der Waals surface area contributed by atoms with E-state index in [-0.39, 0.29) is 30.0 Å². The van der Waals surface area contributed by atoms with Gasteiger partial charge in [-0.25, -0.2) is 0 Å². The van der Waals surface area contributed by atoms with Gasteiger partial charge in [-0.3, -0.25) is 9.59 Å². The largest absolute Gasteiger partial charge is 0.495 e. The van der Waals surface area contributed by atoms with Gasteiger partial charge in [0.05, 0.1) is 36.0 Å². The van der Waals surface area contributed by atoms with Crippen molar-refractivity contribution in [1.29, 1.82) is 5.26 Å². The smallest absolute Gasteiger partial charge is 0.260 e. The van der Waals surface area contributed by atoms with Crippen molar-refractivity contribution in [3.63, 3.8) is 0 Å². The van der Waals surface area contributed by atoms with Crippen LogP contribution < -0.4 is 14.8 Å². The number of amides is 2. The molecule has 2 amide bonds. The number of carbonyl (C=O) groups excluding carboxylic acids is 2. The van der Waals surface area contributed by atoms with Crippen LogP contribution in [0.1, 0.15) is 18.9 Å². The molecule has 0 aliphatic heterocycles. The Kier molecular flexibility index (Phi) is 8.31. The van der Waals surface area contributed by atoms with Gasteiger partial charge in [-0.15, -0.1) is 0 Å². The van der Waals surface area contributed by atoms with Gasteiger partial charge in [-0.1, -0.05) is 30.7 Å². The van der Waals surface area contributed by atoms with Gasteiger partial charge in [0.25, 0.3) is 5.91 Å². The third kappa shape index (κ3) is 6.40. The zero-order valence-corrected chi connectivity index (χ0v) is 17.0. The van der Waals surface area contributed by atoms with Crippen molar-refractivity contribution in [1.82, 2.24) is 4.90 Å². The fourth-order valence-corrected chi connectivity index (χ4v) is 2.83. The Labute approximate surface area is 174 Å². The number of hydrogen-bond acceptors (Lipinski definition) is 5. The van der Waals surface area contributed by atoms with Crippen LogP contribution in [0.4, 0.5) is 5.69 Å². The zero-order valence-electron chi connectivity index (χ0n) is 16.3. The monoisotopic (exact) mass is 415 g/mol. The number of nitriles is 1. The Balaban J connectivity index is 1.98. The van der Waals surface area contributed by atoms with Crippen LogP contribution in [0.25, 0.3) is 0 Å². The highest BCUT2D eigenvalue weighted by Gasteiger charge is 2.18. The number of carbonyl (C=O) groups is 2. The lowest BCUT2D eigenvalue weighted by atomic mass is 10.2.